The van der Waals surface area contributed by atoms with Gasteiger partial charge in [0.2, 0.25) is 6.79 Å². The molecule has 1 aliphatic rings. The number of hydrogen-bond donors (Lipinski definition) is 2. The van der Waals surface area contributed by atoms with E-state index >= 15 is 0 Å². The molecule has 0 unspecified atom stereocenters. The molecule has 0 bridgehead atoms. The second-order valence-electron chi connectivity index (χ2n) is 4.91. The van der Waals surface area contributed by atoms with Gasteiger partial charge in [-0.2, -0.15) is 0 Å². The van der Waals surface area contributed by atoms with Crippen molar-refractivity contribution in [3.63, 3.8) is 0 Å². The van der Waals surface area contributed by atoms with Crippen LogP contribution < -0.4 is 24.8 Å². The summed E-state index contributed by atoms with van der Waals surface area (Å²) in [7, 11) is 0. The van der Waals surface area contributed by atoms with Crippen LogP contribution in [0.25, 0.3) is 0 Å². The molecule has 0 aliphatic carbocycles. The van der Waals surface area contributed by atoms with Gasteiger partial charge in [-0.3, -0.25) is 0 Å². The van der Waals surface area contributed by atoms with E-state index in [-0.39, 0.29) is 19.6 Å². The summed E-state index contributed by atoms with van der Waals surface area (Å²) >= 11 is 11.8. The molecule has 0 fully saturated rings. The Morgan fingerprint density at radius 1 is 1.08 bits per heavy atom. The van der Waals surface area contributed by atoms with Crippen molar-refractivity contribution in [2.45, 2.75) is 6.54 Å². The summed E-state index contributed by atoms with van der Waals surface area (Å²) in [4.78, 5) is 11.8. The fourth-order valence-electron chi connectivity index (χ4n) is 2.07. The molecule has 3 rings (SSSR count). The number of carbonyl (C=O) groups is 1. The zero-order valence-corrected chi connectivity index (χ0v) is 14.0. The fourth-order valence-corrected chi connectivity index (χ4v) is 2.53. The Morgan fingerprint density at radius 3 is 2.75 bits per heavy atom. The monoisotopic (exact) mass is 368 g/mol. The maximum atomic E-state index is 11.8. The summed E-state index contributed by atoms with van der Waals surface area (Å²) in [6.45, 7) is 0.551. The third-order valence-corrected chi connectivity index (χ3v) is 3.77. The smallest absolute Gasteiger partial charge is 0.317 e. The highest BCUT2D eigenvalue weighted by Gasteiger charge is 2.13. The zero-order valence-electron chi connectivity index (χ0n) is 12.5. The molecule has 126 valence electrons. The molecule has 2 amide bonds. The molecule has 6 nitrogen and oxygen atoms in total. The molecule has 24 heavy (non-hydrogen) atoms. The van der Waals surface area contributed by atoms with Gasteiger partial charge >= 0.3 is 6.03 Å². The minimum atomic E-state index is -0.363. The van der Waals surface area contributed by atoms with Crippen LogP contribution in [0.15, 0.2) is 36.4 Å². The molecule has 0 radical (unpaired) electrons. The maximum Gasteiger partial charge on any atom is 0.317 e. The fraction of sp³-hybridized carbons (Fsp3) is 0.188. The highest BCUT2D eigenvalue weighted by molar-refractivity contribution is 6.35. The van der Waals surface area contributed by atoms with Gasteiger partial charge in [-0.25, -0.2) is 4.79 Å². The number of fused-ring (bicyclic) bond motifs is 1. The first-order chi connectivity index (χ1) is 11.6. The van der Waals surface area contributed by atoms with E-state index in [1.165, 1.54) is 0 Å². The lowest BCUT2D eigenvalue weighted by Crippen LogP contribution is -2.37. The first-order valence-electron chi connectivity index (χ1n) is 7.10. The summed E-state index contributed by atoms with van der Waals surface area (Å²) in [6.07, 6.45) is 0. The van der Waals surface area contributed by atoms with E-state index in [4.69, 9.17) is 37.4 Å². The minimum Gasteiger partial charge on any atom is -0.472 e. The summed E-state index contributed by atoms with van der Waals surface area (Å²) < 4.78 is 15.9. The van der Waals surface area contributed by atoms with Gasteiger partial charge in [0.1, 0.15) is 5.75 Å². The standard InChI is InChI=1S/C16H14Cl2N2O4/c17-11-2-4-13(12(18)6-11)22-8-20-16(21)19-7-10-1-3-14-15(5-10)24-9-23-14/h1-6H,7-9H2,(H2,19,20,21). The van der Waals surface area contributed by atoms with Gasteiger partial charge in [0.25, 0.3) is 0 Å². The van der Waals surface area contributed by atoms with Gasteiger partial charge in [0.05, 0.1) is 5.02 Å². The third-order valence-electron chi connectivity index (χ3n) is 3.24. The van der Waals surface area contributed by atoms with Crippen LogP contribution in [-0.4, -0.2) is 19.6 Å². The highest BCUT2D eigenvalue weighted by atomic mass is 35.5. The lowest BCUT2D eigenvalue weighted by Gasteiger charge is -2.11. The number of amides is 2. The van der Waals surface area contributed by atoms with Crippen molar-refractivity contribution in [2.24, 2.45) is 0 Å². The van der Waals surface area contributed by atoms with E-state index < -0.39 is 0 Å². The molecule has 0 saturated carbocycles. The number of ether oxygens (including phenoxy) is 3. The lowest BCUT2D eigenvalue weighted by atomic mass is 10.2. The summed E-state index contributed by atoms with van der Waals surface area (Å²) in [5, 5.41) is 6.19. The van der Waals surface area contributed by atoms with Crippen molar-refractivity contribution in [3.8, 4) is 17.2 Å². The second-order valence-corrected chi connectivity index (χ2v) is 5.75. The highest BCUT2D eigenvalue weighted by Crippen LogP contribution is 2.32. The predicted molar refractivity (Wildman–Crippen MR) is 89.9 cm³/mol. The SMILES string of the molecule is O=C(NCOc1ccc(Cl)cc1Cl)NCc1ccc2c(c1)OCO2. The maximum absolute atomic E-state index is 11.8. The number of halogens is 2. The Bertz CT molecular complexity index is 755. The molecule has 2 aromatic rings. The Labute approximate surface area is 148 Å². The molecule has 2 aromatic carbocycles. The van der Waals surface area contributed by atoms with Crippen LogP contribution in [0.1, 0.15) is 5.56 Å². The van der Waals surface area contributed by atoms with Crippen LogP contribution in [-0.2, 0) is 6.54 Å². The molecule has 0 spiro atoms. The van der Waals surface area contributed by atoms with Crippen molar-refractivity contribution in [1.82, 2.24) is 10.6 Å². The van der Waals surface area contributed by atoms with Gasteiger partial charge in [0.15, 0.2) is 18.2 Å². The number of rotatable bonds is 5. The van der Waals surface area contributed by atoms with Crippen LogP contribution in [0.2, 0.25) is 10.0 Å². The topological polar surface area (TPSA) is 68.8 Å². The van der Waals surface area contributed by atoms with Gasteiger partial charge in [-0.15, -0.1) is 0 Å². The average Bonchev–Trinajstić information content (AvgIpc) is 3.02. The minimum absolute atomic E-state index is 0.0195. The van der Waals surface area contributed by atoms with Gasteiger partial charge < -0.3 is 24.8 Å². The second kappa shape index (κ2) is 7.51. The van der Waals surface area contributed by atoms with Crippen LogP contribution in [0.5, 0.6) is 17.2 Å². The van der Waals surface area contributed by atoms with Crippen LogP contribution in [0.3, 0.4) is 0 Å². The van der Waals surface area contributed by atoms with Crippen LogP contribution in [0, 0.1) is 0 Å². The van der Waals surface area contributed by atoms with Crippen LogP contribution >= 0.6 is 23.2 Å². The van der Waals surface area contributed by atoms with Crippen molar-refractivity contribution in [3.05, 3.63) is 52.0 Å². The first kappa shape index (κ1) is 16.5. The number of urea groups is 1. The normalized spacial score (nSPS) is 11.9. The largest absolute Gasteiger partial charge is 0.472 e. The Balaban J connectivity index is 1.43. The van der Waals surface area contributed by atoms with Crippen molar-refractivity contribution < 1.29 is 19.0 Å². The average molecular weight is 369 g/mol. The van der Waals surface area contributed by atoms with Gasteiger partial charge in [-0.1, -0.05) is 29.3 Å². The molecule has 1 aliphatic heterocycles. The van der Waals surface area contributed by atoms with E-state index in [0.717, 1.165) is 5.56 Å². The number of hydrogen-bond acceptors (Lipinski definition) is 4. The summed E-state index contributed by atoms with van der Waals surface area (Å²) in [5.74, 6) is 1.82. The van der Waals surface area contributed by atoms with E-state index in [0.29, 0.717) is 33.8 Å². The third kappa shape index (κ3) is 4.15. The molecular formula is C16H14Cl2N2O4. The van der Waals surface area contributed by atoms with E-state index in [1.54, 1.807) is 18.2 Å². The van der Waals surface area contributed by atoms with Crippen molar-refractivity contribution in [2.75, 3.05) is 13.5 Å². The lowest BCUT2D eigenvalue weighted by molar-refractivity contribution is 0.174. The molecular weight excluding hydrogens is 355 g/mol. The van der Waals surface area contributed by atoms with E-state index in [2.05, 4.69) is 10.6 Å². The molecule has 2 N–H and O–H groups in total. The van der Waals surface area contributed by atoms with Gasteiger partial charge in [0, 0.05) is 11.6 Å². The quantitative estimate of drug-likeness (QED) is 0.791. The Kier molecular flexibility index (Phi) is 5.17. The molecule has 0 aromatic heterocycles. The number of carbonyl (C=O) groups excluding carboxylic acids is 1. The van der Waals surface area contributed by atoms with Crippen LogP contribution in [0.4, 0.5) is 4.79 Å². The molecule has 0 saturated heterocycles. The van der Waals surface area contributed by atoms with E-state index in [1.807, 2.05) is 18.2 Å². The Morgan fingerprint density at radius 2 is 1.92 bits per heavy atom. The first-order valence-corrected chi connectivity index (χ1v) is 7.85. The van der Waals surface area contributed by atoms with Crippen molar-refractivity contribution >= 4 is 29.2 Å². The molecule has 0 atom stereocenters. The van der Waals surface area contributed by atoms with Crippen molar-refractivity contribution in [1.29, 1.82) is 0 Å². The molecule has 8 heteroatoms. The predicted octanol–water partition coefficient (Wildman–Crippen LogP) is 3.56. The summed E-state index contributed by atoms with van der Waals surface area (Å²) in [5.41, 5.74) is 0.899. The number of benzene rings is 2. The van der Waals surface area contributed by atoms with E-state index in [9.17, 15) is 4.79 Å². The summed E-state index contributed by atoms with van der Waals surface area (Å²) in [6, 6.07) is 9.99. The Hall–Kier alpha value is -2.31. The van der Waals surface area contributed by atoms with Gasteiger partial charge in [-0.05, 0) is 35.9 Å². The number of nitrogens with one attached hydrogen (secondary N) is 2. The molecule has 1 heterocycles. The zero-order chi connectivity index (χ0) is 16.9.